The zero-order valence-electron chi connectivity index (χ0n) is 11.9. The normalized spacial score (nSPS) is 23.6. The molecule has 1 aliphatic heterocycles. The molecule has 1 aliphatic rings. The van der Waals surface area contributed by atoms with Crippen LogP contribution in [0.1, 0.15) is 56.0 Å². The average Bonchev–Trinajstić information content (AvgIpc) is 2.87. The average molecular weight is 265 g/mol. The molecule has 1 amide bonds. The van der Waals surface area contributed by atoms with Gasteiger partial charge in [-0.3, -0.25) is 9.89 Å². The smallest absolute Gasteiger partial charge is 0.290 e. The van der Waals surface area contributed by atoms with Crippen LogP contribution < -0.4 is 10.6 Å². The Bertz CT molecular complexity index is 434. The van der Waals surface area contributed by atoms with E-state index in [4.69, 9.17) is 0 Å². The van der Waals surface area contributed by atoms with Gasteiger partial charge in [-0.2, -0.15) is 0 Å². The van der Waals surface area contributed by atoms with E-state index in [9.17, 15) is 4.79 Å². The molecule has 2 heterocycles. The Balaban J connectivity index is 1.89. The van der Waals surface area contributed by atoms with Crippen molar-refractivity contribution in [1.82, 2.24) is 25.8 Å². The van der Waals surface area contributed by atoms with Crippen LogP contribution in [0, 0.1) is 5.41 Å². The number of carbonyl (C=O) groups excluding carboxylic acids is 1. The van der Waals surface area contributed by atoms with Crippen molar-refractivity contribution in [3.05, 3.63) is 11.6 Å². The number of hydrogen-bond acceptors (Lipinski definition) is 4. The highest BCUT2D eigenvalue weighted by Gasteiger charge is 2.27. The van der Waals surface area contributed by atoms with Crippen molar-refractivity contribution in [2.24, 2.45) is 5.41 Å². The second kappa shape index (κ2) is 5.69. The van der Waals surface area contributed by atoms with E-state index in [0.29, 0.717) is 6.54 Å². The fourth-order valence-corrected chi connectivity index (χ4v) is 2.28. The second-order valence-electron chi connectivity index (χ2n) is 5.97. The zero-order chi connectivity index (χ0) is 13.9. The molecule has 0 radical (unpaired) electrons. The maximum absolute atomic E-state index is 12.0. The number of hydrogen-bond donors (Lipinski definition) is 3. The van der Waals surface area contributed by atoms with Crippen LogP contribution in [0.2, 0.25) is 0 Å². The van der Waals surface area contributed by atoms with E-state index in [1.807, 2.05) is 13.8 Å². The molecule has 0 spiro atoms. The van der Waals surface area contributed by atoms with Gasteiger partial charge in [0.25, 0.3) is 5.91 Å². The van der Waals surface area contributed by atoms with Crippen molar-refractivity contribution in [3.63, 3.8) is 0 Å². The number of nitrogens with one attached hydrogen (secondary N) is 3. The highest BCUT2D eigenvalue weighted by molar-refractivity contribution is 5.90. The molecule has 1 saturated heterocycles. The van der Waals surface area contributed by atoms with E-state index in [0.717, 1.165) is 31.8 Å². The van der Waals surface area contributed by atoms with Gasteiger partial charge in [-0.25, -0.2) is 4.98 Å². The van der Waals surface area contributed by atoms with Gasteiger partial charge in [0, 0.05) is 19.0 Å². The summed E-state index contributed by atoms with van der Waals surface area (Å²) in [7, 11) is 0. The van der Waals surface area contributed by atoms with Gasteiger partial charge in [0.2, 0.25) is 5.82 Å². The molecule has 0 saturated carbocycles. The molecule has 1 fully saturated rings. The number of nitrogens with zero attached hydrogens (tertiary/aromatic N) is 2. The first-order chi connectivity index (χ1) is 9.00. The van der Waals surface area contributed by atoms with E-state index in [-0.39, 0.29) is 23.1 Å². The minimum atomic E-state index is -0.199. The monoisotopic (exact) mass is 265 g/mol. The summed E-state index contributed by atoms with van der Waals surface area (Å²) >= 11 is 0. The van der Waals surface area contributed by atoms with Crippen molar-refractivity contribution in [2.75, 3.05) is 19.6 Å². The first kappa shape index (κ1) is 14.0. The summed E-state index contributed by atoms with van der Waals surface area (Å²) in [6, 6.07) is 0. The largest absolute Gasteiger partial charge is 0.349 e. The number of H-pyrrole nitrogens is 1. The number of amides is 1. The molecule has 1 unspecified atom stereocenters. The first-order valence-electron chi connectivity index (χ1n) is 6.91. The Morgan fingerprint density at radius 3 is 2.89 bits per heavy atom. The van der Waals surface area contributed by atoms with Crippen molar-refractivity contribution in [1.29, 1.82) is 0 Å². The van der Waals surface area contributed by atoms with Gasteiger partial charge < -0.3 is 10.6 Å². The maximum atomic E-state index is 12.0. The molecule has 6 nitrogen and oxygen atoms in total. The lowest BCUT2D eigenvalue weighted by atomic mass is 9.83. The molecule has 6 heteroatoms. The summed E-state index contributed by atoms with van der Waals surface area (Å²) in [5.41, 5.74) is 0.130. The van der Waals surface area contributed by atoms with Crippen LogP contribution >= 0.6 is 0 Å². The molecule has 1 aromatic heterocycles. The minimum absolute atomic E-state index is 0.130. The molecule has 0 aliphatic carbocycles. The van der Waals surface area contributed by atoms with Crippen LogP contribution in [0.3, 0.4) is 0 Å². The number of carbonyl (C=O) groups is 1. The number of aromatic amines is 1. The van der Waals surface area contributed by atoms with Crippen LogP contribution in [-0.4, -0.2) is 40.7 Å². The standard InChI is InChI=1S/C13H23N5O/c1-9(2)10-16-11(18-17-10)12(19)15-8-13(3)5-4-6-14-7-13/h9,14H,4-8H2,1-3H3,(H,15,19)(H,16,17,18). The lowest BCUT2D eigenvalue weighted by Crippen LogP contribution is -2.45. The molecule has 0 bridgehead atoms. The van der Waals surface area contributed by atoms with Gasteiger partial charge in [-0.15, -0.1) is 5.10 Å². The van der Waals surface area contributed by atoms with Gasteiger partial charge in [0.05, 0.1) is 0 Å². The molecule has 3 N–H and O–H groups in total. The fraction of sp³-hybridized carbons (Fsp3) is 0.769. The van der Waals surface area contributed by atoms with Crippen LogP contribution in [0.25, 0.3) is 0 Å². The molecule has 1 aromatic rings. The predicted octanol–water partition coefficient (Wildman–Crippen LogP) is 1.05. The van der Waals surface area contributed by atoms with Gasteiger partial charge in [-0.1, -0.05) is 20.8 Å². The summed E-state index contributed by atoms with van der Waals surface area (Å²) in [6.45, 7) is 8.88. The van der Waals surface area contributed by atoms with Crippen LogP contribution in [0.15, 0.2) is 0 Å². The third-order valence-corrected chi connectivity index (χ3v) is 3.61. The van der Waals surface area contributed by atoms with Gasteiger partial charge >= 0.3 is 0 Å². The van der Waals surface area contributed by atoms with E-state index < -0.39 is 0 Å². The van der Waals surface area contributed by atoms with Crippen LogP contribution in [0.5, 0.6) is 0 Å². The highest BCUT2D eigenvalue weighted by Crippen LogP contribution is 2.24. The van der Waals surface area contributed by atoms with E-state index in [1.54, 1.807) is 0 Å². The predicted molar refractivity (Wildman–Crippen MR) is 73.0 cm³/mol. The Kier molecular flexibility index (Phi) is 4.19. The molecular formula is C13H23N5O. The number of piperidine rings is 1. The van der Waals surface area contributed by atoms with Crippen molar-refractivity contribution in [2.45, 2.75) is 39.5 Å². The van der Waals surface area contributed by atoms with Gasteiger partial charge in [0.1, 0.15) is 5.82 Å². The number of rotatable bonds is 4. The molecule has 2 rings (SSSR count). The summed E-state index contributed by atoms with van der Waals surface area (Å²) in [6.07, 6.45) is 2.29. The Labute approximate surface area is 113 Å². The maximum Gasteiger partial charge on any atom is 0.290 e. The summed E-state index contributed by atoms with van der Waals surface area (Å²) in [5, 5.41) is 13.1. The van der Waals surface area contributed by atoms with Crippen LogP contribution in [-0.2, 0) is 0 Å². The van der Waals surface area contributed by atoms with Gasteiger partial charge in [-0.05, 0) is 24.8 Å². The Morgan fingerprint density at radius 2 is 2.32 bits per heavy atom. The third-order valence-electron chi connectivity index (χ3n) is 3.61. The second-order valence-corrected chi connectivity index (χ2v) is 5.97. The van der Waals surface area contributed by atoms with Crippen molar-refractivity contribution in [3.8, 4) is 0 Å². The Morgan fingerprint density at radius 1 is 1.53 bits per heavy atom. The molecular weight excluding hydrogens is 242 g/mol. The zero-order valence-corrected chi connectivity index (χ0v) is 11.9. The van der Waals surface area contributed by atoms with E-state index >= 15 is 0 Å². The van der Waals surface area contributed by atoms with E-state index in [2.05, 4.69) is 32.7 Å². The highest BCUT2D eigenvalue weighted by atomic mass is 16.2. The molecule has 106 valence electrons. The third kappa shape index (κ3) is 3.53. The SMILES string of the molecule is CC(C)c1nc(C(=O)NCC2(C)CCCNC2)n[nH]1. The quantitative estimate of drug-likeness (QED) is 0.760. The van der Waals surface area contributed by atoms with Crippen molar-refractivity contribution >= 4 is 5.91 Å². The van der Waals surface area contributed by atoms with Gasteiger partial charge in [0.15, 0.2) is 0 Å². The molecule has 1 atom stereocenters. The lowest BCUT2D eigenvalue weighted by Gasteiger charge is -2.34. The summed E-state index contributed by atoms with van der Waals surface area (Å²) < 4.78 is 0. The first-order valence-corrected chi connectivity index (χ1v) is 6.91. The fourth-order valence-electron chi connectivity index (χ4n) is 2.28. The molecule has 19 heavy (non-hydrogen) atoms. The molecule has 0 aromatic carbocycles. The van der Waals surface area contributed by atoms with Crippen LogP contribution in [0.4, 0.5) is 0 Å². The summed E-state index contributed by atoms with van der Waals surface area (Å²) in [4.78, 5) is 16.2. The number of aromatic nitrogens is 3. The van der Waals surface area contributed by atoms with E-state index in [1.165, 1.54) is 0 Å². The summed E-state index contributed by atoms with van der Waals surface area (Å²) in [5.74, 6) is 1.02. The van der Waals surface area contributed by atoms with Crippen molar-refractivity contribution < 1.29 is 4.79 Å². The topological polar surface area (TPSA) is 82.7 Å². The minimum Gasteiger partial charge on any atom is -0.349 e. The Hall–Kier alpha value is -1.43. The lowest BCUT2D eigenvalue weighted by molar-refractivity contribution is 0.0914.